The summed E-state index contributed by atoms with van der Waals surface area (Å²) in [6.45, 7) is 6.04. The van der Waals surface area contributed by atoms with Crippen LogP contribution in [-0.4, -0.2) is 18.2 Å². The highest BCUT2D eigenvalue weighted by molar-refractivity contribution is 5.88. The summed E-state index contributed by atoms with van der Waals surface area (Å²) < 4.78 is 18.9. The molecule has 0 unspecified atom stereocenters. The second kappa shape index (κ2) is 4.48. The van der Waals surface area contributed by atoms with E-state index < -0.39 is 17.5 Å². The van der Waals surface area contributed by atoms with Gasteiger partial charge in [-0.15, -0.1) is 0 Å². The Kier molecular flexibility index (Phi) is 3.15. The molecule has 0 aliphatic carbocycles. The third-order valence-electron chi connectivity index (χ3n) is 2.58. The smallest absolute Gasteiger partial charge is 0.412 e. The van der Waals surface area contributed by atoms with Gasteiger partial charge in [0, 0.05) is 17.8 Å². The molecular weight excluding hydrogens is 235 g/mol. The lowest BCUT2D eigenvalue weighted by atomic mass is 10.1. The average molecular weight is 252 g/mol. The van der Waals surface area contributed by atoms with Gasteiger partial charge < -0.3 is 10.1 Å². The Balaban J connectivity index is 2.19. The first-order valence-electron chi connectivity index (χ1n) is 5.92. The molecule has 1 aliphatic heterocycles. The van der Waals surface area contributed by atoms with E-state index in [4.69, 9.17) is 4.74 Å². The van der Waals surface area contributed by atoms with Crippen LogP contribution in [0.2, 0.25) is 0 Å². The maximum Gasteiger partial charge on any atom is 0.412 e. The number of hydrogen-bond donors (Lipinski definition) is 2. The first-order chi connectivity index (χ1) is 8.37. The van der Waals surface area contributed by atoms with Gasteiger partial charge in [-0.1, -0.05) is 0 Å². The fourth-order valence-corrected chi connectivity index (χ4v) is 1.91. The molecular formula is C13H17FN2O2. The number of amides is 1. The Morgan fingerprint density at radius 2 is 2.17 bits per heavy atom. The summed E-state index contributed by atoms with van der Waals surface area (Å²) in [6.07, 6.45) is 0.0554. The molecule has 0 spiro atoms. The molecule has 4 nitrogen and oxygen atoms in total. The molecule has 0 aromatic heterocycles. The van der Waals surface area contributed by atoms with E-state index in [0.29, 0.717) is 6.42 Å². The lowest BCUT2D eigenvalue weighted by molar-refractivity contribution is 0.0635. The Hall–Kier alpha value is -1.78. The van der Waals surface area contributed by atoms with Gasteiger partial charge in [-0.2, -0.15) is 0 Å². The maximum atomic E-state index is 13.7. The van der Waals surface area contributed by atoms with Gasteiger partial charge in [0.25, 0.3) is 0 Å². The predicted molar refractivity (Wildman–Crippen MR) is 68.5 cm³/mol. The van der Waals surface area contributed by atoms with Gasteiger partial charge in [-0.25, -0.2) is 9.18 Å². The van der Waals surface area contributed by atoms with Crippen LogP contribution in [0.5, 0.6) is 0 Å². The summed E-state index contributed by atoms with van der Waals surface area (Å²) in [4.78, 5) is 11.7. The van der Waals surface area contributed by atoms with E-state index in [2.05, 4.69) is 10.6 Å². The average Bonchev–Trinajstić information content (AvgIpc) is 2.67. The molecule has 0 fully saturated rings. The van der Waals surface area contributed by atoms with Crippen LogP contribution in [0.1, 0.15) is 26.3 Å². The Labute approximate surface area is 106 Å². The van der Waals surface area contributed by atoms with Crippen molar-refractivity contribution in [2.24, 2.45) is 0 Å². The fourth-order valence-electron chi connectivity index (χ4n) is 1.91. The molecule has 0 atom stereocenters. The van der Waals surface area contributed by atoms with Crippen LogP contribution < -0.4 is 10.6 Å². The van der Waals surface area contributed by atoms with Gasteiger partial charge in [0.05, 0.1) is 5.69 Å². The fraction of sp³-hybridized carbons (Fsp3) is 0.462. The molecule has 0 saturated heterocycles. The molecule has 1 heterocycles. The van der Waals surface area contributed by atoms with E-state index in [1.165, 1.54) is 6.07 Å². The quantitative estimate of drug-likeness (QED) is 0.807. The molecule has 0 radical (unpaired) electrons. The van der Waals surface area contributed by atoms with Gasteiger partial charge in [0.15, 0.2) is 0 Å². The number of carbonyl (C=O) groups excluding carboxylic acids is 1. The highest BCUT2D eigenvalue weighted by Gasteiger charge is 2.22. The number of carbonyl (C=O) groups is 1. The normalized spacial score (nSPS) is 13.8. The number of fused-ring (bicyclic) bond motifs is 1. The summed E-state index contributed by atoms with van der Waals surface area (Å²) in [5.74, 6) is -0.441. The van der Waals surface area contributed by atoms with E-state index in [1.54, 1.807) is 26.8 Å². The van der Waals surface area contributed by atoms with Gasteiger partial charge in [-0.3, -0.25) is 5.32 Å². The topological polar surface area (TPSA) is 50.4 Å². The van der Waals surface area contributed by atoms with Crippen LogP contribution in [0.15, 0.2) is 12.1 Å². The molecule has 1 aliphatic rings. The lowest BCUT2D eigenvalue weighted by Gasteiger charge is -2.20. The molecule has 1 aromatic rings. The van der Waals surface area contributed by atoms with E-state index in [1.807, 2.05) is 0 Å². The number of hydrogen-bond acceptors (Lipinski definition) is 3. The first-order valence-corrected chi connectivity index (χ1v) is 5.92. The summed E-state index contributed by atoms with van der Waals surface area (Å²) in [7, 11) is 0. The van der Waals surface area contributed by atoms with Gasteiger partial charge >= 0.3 is 6.09 Å². The number of benzene rings is 1. The zero-order valence-electron chi connectivity index (χ0n) is 10.8. The molecule has 2 N–H and O–H groups in total. The molecule has 18 heavy (non-hydrogen) atoms. The summed E-state index contributed by atoms with van der Waals surface area (Å²) in [6, 6.07) is 3.02. The van der Waals surface area contributed by atoms with Crippen molar-refractivity contribution in [1.82, 2.24) is 0 Å². The standard InChI is InChI=1S/C13H17FN2O2/c1-13(2,3)18-12(17)16-11-8-6-7-15-10(8)5-4-9(11)14/h4-5,15H,6-7H2,1-3H3,(H,16,17). The Morgan fingerprint density at radius 1 is 1.44 bits per heavy atom. The van der Waals surface area contributed by atoms with Crippen molar-refractivity contribution < 1.29 is 13.9 Å². The van der Waals surface area contributed by atoms with Crippen molar-refractivity contribution in [1.29, 1.82) is 0 Å². The SMILES string of the molecule is CC(C)(C)OC(=O)Nc1c(F)ccc2c1CCN2. The number of halogens is 1. The third kappa shape index (κ3) is 2.72. The molecule has 98 valence electrons. The molecule has 0 bridgehead atoms. The van der Waals surface area contributed by atoms with Crippen LogP contribution in [-0.2, 0) is 11.2 Å². The van der Waals surface area contributed by atoms with E-state index in [0.717, 1.165) is 17.8 Å². The Morgan fingerprint density at radius 3 is 2.83 bits per heavy atom. The zero-order valence-corrected chi connectivity index (χ0v) is 10.8. The Bertz CT molecular complexity index is 481. The number of anilines is 2. The molecule has 2 rings (SSSR count). The number of ether oxygens (including phenoxy) is 1. The van der Waals surface area contributed by atoms with Crippen molar-refractivity contribution in [3.05, 3.63) is 23.5 Å². The van der Waals surface area contributed by atoms with Crippen LogP contribution in [0.4, 0.5) is 20.6 Å². The van der Waals surface area contributed by atoms with Crippen molar-refractivity contribution in [2.45, 2.75) is 32.8 Å². The van der Waals surface area contributed by atoms with Gasteiger partial charge in [0.1, 0.15) is 11.4 Å². The second-order valence-electron chi connectivity index (χ2n) is 5.25. The number of nitrogens with one attached hydrogen (secondary N) is 2. The highest BCUT2D eigenvalue weighted by atomic mass is 19.1. The predicted octanol–water partition coefficient (Wildman–Crippen LogP) is 3.14. The summed E-state index contributed by atoms with van der Waals surface area (Å²) in [5, 5.41) is 5.62. The third-order valence-corrected chi connectivity index (χ3v) is 2.58. The van der Waals surface area contributed by atoms with Gasteiger partial charge in [0.2, 0.25) is 0 Å². The van der Waals surface area contributed by atoms with Crippen molar-refractivity contribution in [3.63, 3.8) is 0 Å². The zero-order chi connectivity index (χ0) is 13.3. The number of rotatable bonds is 1. The maximum absolute atomic E-state index is 13.7. The summed E-state index contributed by atoms with van der Waals surface area (Å²) >= 11 is 0. The first kappa shape index (κ1) is 12.7. The second-order valence-corrected chi connectivity index (χ2v) is 5.25. The van der Waals surface area contributed by atoms with Crippen molar-refractivity contribution >= 4 is 17.5 Å². The summed E-state index contributed by atoms with van der Waals surface area (Å²) in [5.41, 5.74) is 1.27. The van der Waals surface area contributed by atoms with Crippen LogP contribution in [0, 0.1) is 5.82 Å². The van der Waals surface area contributed by atoms with E-state index in [9.17, 15) is 9.18 Å². The molecule has 1 aromatic carbocycles. The van der Waals surface area contributed by atoms with Crippen LogP contribution >= 0.6 is 0 Å². The van der Waals surface area contributed by atoms with Crippen molar-refractivity contribution in [2.75, 3.05) is 17.2 Å². The minimum Gasteiger partial charge on any atom is -0.444 e. The minimum atomic E-state index is -0.637. The molecule has 0 saturated carbocycles. The van der Waals surface area contributed by atoms with E-state index in [-0.39, 0.29) is 5.69 Å². The minimum absolute atomic E-state index is 0.215. The van der Waals surface area contributed by atoms with Crippen LogP contribution in [0.3, 0.4) is 0 Å². The lowest BCUT2D eigenvalue weighted by Crippen LogP contribution is -2.27. The van der Waals surface area contributed by atoms with Crippen LogP contribution in [0.25, 0.3) is 0 Å². The largest absolute Gasteiger partial charge is 0.444 e. The van der Waals surface area contributed by atoms with Crippen molar-refractivity contribution in [3.8, 4) is 0 Å². The molecule has 5 heteroatoms. The van der Waals surface area contributed by atoms with Gasteiger partial charge in [-0.05, 0) is 39.3 Å². The van der Waals surface area contributed by atoms with E-state index >= 15 is 0 Å². The molecule has 1 amide bonds. The monoisotopic (exact) mass is 252 g/mol. The highest BCUT2D eigenvalue weighted by Crippen LogP contribution is 2.31.